The van der Waals surface area contributed by atoms with E-state index in [4.69, 9.17) is 19.5 Å². The maximum atomic E-state index is 6.72. The van der Waals surface area contributed by atoms with Crippen molar-refractivity contribution in [3.8, 4) is 28.3 Å². The normalized spacial score (nSPS) is 19.0. The molecule has 0 unspecified atom stereocenters. The molecule has 1 aliphatic carbocycles. The number of rotatable bonds is 4. The second kappa shape index (κ2) is 10.4. The summed E-state index contributed by atoms with van der Waals surface area (Å²) < 4.78 is 15.3. The number of aromatic nitrogens is 2. The van der Waals surface area contributed by atoms with Crippen LogP contribution in [0.5, 0.6) is 11.5 Å². The van der Waals surface area contributed by atoms with Crippen molar-refractivity contribution in [3.05, 3.63) is 119 Å². The van der Waals surface area contributed by atoms with Crippen molar-refractivity contribution in [2.24, 2.45) is 4.99 Å². The molecule has 0 N–H and O–H groups in total. The molecule has 9 rings (SSSR count). The van der Waals surface area contributed by atoms with Gasteiger partial charge in [-0.15, -0.1) is 23.3 Å². The van der Waals surface area contributed by atoms with E-state index in [0.717, 1.165) is 51.8 Å². The minimum Gasteiger partial charge on any atom is -0.515 e. The third-order valence-corrected chi connectivity index (χ3v) is 9.68. The first-order valence-electron chi connectivity index (χ1n) is 15.5. The number of ether oxygens (including phenoxy) is 2. The number of hydrogen-bond donors (Lipinski definition) is 0. The summed E-state index contributed by atoms with van der Waals surface area (Å²) in [5.41, 5.74) is 9.33. The van der Waals surface area contributed by atoms with E-state index >= 15 is 0 Å². The van der Waals surface area contributed by atoms with Gasteiger partial charge in [0, 0.05) is 28.5 Å². The Morgan fingerprint density at radius 2 is 1.73 bits per heavy atom. The zero-order chi connectivity index (χ0) is 29.6. The van der Waals surface area contributed by atoms with Crippen LogP contribution in [0.2, 0.25) is 0 Å². The van der Waals surface area contributed by atoms with Crippen molar-refractivity contribution in [2.75, 3.05) is 0 Å². The summed E-state index contributed by atoms with van der Waals surface area (Å²) in [6.07, 6.45) is 5.34. The van der Waals surface area contributed by atoms with Gasteiger partial charge in [-0.25, -0.2) is 4.98 Å². The van der Waals surface area contributed by atoms with E-state index in [2.05, 4.69) is 98.1 Å². The molecule has 0 saturated heterocycles. The molecule has 3 aliphatic rings. The average molecular weight is 769 g/mol. The third kappa shape index (κ3) is 4.31. The van der Waals surface area contributed by atoms with E-state index in [1.165, 1.54) is 28.5 Å². The van der Waals surface area contributed by atoms with E-state index < -0.39 is 0 Å². The average Bonchev–Trinajstić information content (AvgIpc) is 3.74. The zero-order valence-electron chi connectivity index (χ0n) is 25.3. The summed E-state index contributed by atoms with van der Waals surface area (Å²) in [7, 11) is 0. The van der Waals surface area contributed by atoms with Crippen molar-refractivity contribution in [1.29, 1.82) is 0 Å². The molecule has 0 bridgehead atoms. The second-order valence-electron chi connectivity index (χ2n) is 12.8. The molecule has 5 nitrogen and oxygen atoms in total. The Morgan fingerprint density at radius 1 is 0.889 bits per heavy atom. The first-order chi connectivity index (χ1) is 21.5. The minimum atomic E-state index is -0.221. The van der Waals surface area contributed by atoms with E-state index in [0.29, 0.717) is 17.4 Å². The molecule has 1 saturated carbocycles. The SMILES string of the molecule is Cc1cc2c([c-]c1Oc1[c-]c(C3=N[C@@H]4CCC[C@@H]4O3)cc(-c3ccccc3)c1)-n1c3ncccc3c3cccc(c31)C2(C)C.[Pt+2]. The van der Waals surface area contributed by atoms with Gasteiger partial charge in [-0.3, -0.25) is 4.99 Å². The molecule has 6 aromatic rings. The van der Waals surface area contributed by atoms with Gasteiger partial charge in [0.15, 0.2) is 0 Å². The van der Waals surface area contributed by atoms with Gasteiger partial charge < -0.3 is 14.0 Å². The van der Waals surface area contributed by atoms with Crippen molar-refractivity contribution in [2.45, 2.75) is 57.6 Å². The van der Waals surface area contributed by atoms with Gasteiger partial charge in [0.25, 0.3) is 0 Å². The number of benzene rings is 4. The second-order valence-corrected chi connectivity index (χ2v) is 12.8. The Hall–Kier alpha value is -4.21. The molecular formula is C39H31N3O2Pt. The number of nitrogens with zero attached hydrogens (tertiary/aromatic N) is 3. The third-order valence-electron chi connectivity index (χ3n) is 9.68. The quantitative estimate of drug-likeness (QED) is 0.169. The molecule has 4 aromatic carbocycles. The Morgan fingerprint density at radius 3 is 2.58 bits per heavy atom. The van der Waals surface area contributed by atoms with Crippen LogP contribution in [0.25, 0.3) is 38.8 Å². The van der Waals surface area contributed by atoms with Crippen LogP contribution in [0, 0.1) is 19.1 Å². The minimum absolute atomic E-state index is 0. The van der Waals surface area contributed by atoms with E-state index in [9.17, 15) is 0 Å². The Labute approximate surface area is 277 Å². The smallest absolute Gasteiger partial charge is 0.515 e. The molecule has 1 fully saturated rings. The van der Waals surface area contributed by atoms with Crippen molar-refractivity contribution in [1.82, 2.24) is 9.55 Å². The molecule has 2 aromatic heterocycles. The summed E-state index contributed by atoms with van der Waals surface area (Å²) in [6, 6.07) is 35.0. The monoisotopic (exact) mass is 768 g/mol. The van der Waals surface area contributed by atoms with Crippen LogP contribution in [0.1, 0.15) is 55.4 Å². The van der Waals surface area contributed by atoms with Crippen LogP contribution < -0.4 is 4.74 Å². The van der Waals surface area contributed by atoms with Gasteiger partial charge in [0.05, 0.1) is 11.6 Å². The first kappa shape index (κ1) is 28.3. The zero-order valence-corrected chi connectivity index (χ0v) is 27.6. The molecule has 0 radical (unpaired) electrons. The standard InChI is InChI=1S/C39H31N3O2.Pt/c1-23-18-31-33(42-36-28(29-13-9-17-40-37(29)42)12-7-14-30(36)39(31,2)3)22-35(23)43-27-20-25(24-10-5-4-6-11-24)19-26(21-27)38-41-32-15-8-16-34(32)44-38;/h4-7,9-14,17-20,32,34H,8,15-16H2,1-3H3;/q-2;+2/t32-,34+;/m1./s1. The van der Waals surface area contributed by atoms with Gasteiger partial charge in [-0.05, 0) is 47.9 Å². The number of hydrogen-bond acceptors (Lipinski definition) is 4. The van der Waals surface area contributed by atoms with Crippen molar-refractivity contribution in [3.63, 3.8) is 0 Å². The van der Waals surface area contributed by atoms with Crippen molar-refractivity contribution >= 4 is 27.8 Å². The van der Waals surface area contributed by atoms with Gasteiger partial charge in [0.2, 0.25) is 0 Å². The van der Waals surface area contributed by atoms with E-state index in [1.807, 2.05) is 24.4 Å². The number of fused-ring (bicyclic) bond motifs is 6. The number of aryl methyl sites for hydroxylation is 1. The summed E-state index contributed by atoms with van der Waals surface area (Å²) >= 11 is 0. The Balaban J connectivity index is 0.00000300. The van der Waals surface area contributed by atoms with Gasteiger partial charge in [-0.1, -0.05) is 98.2 Å². The van der Waals surface area contributed by atoms with Gasteiger partial charge in [0.1, 0.15) is 17.6 Å². The summed E-state index contributed by atoms with van der Waals surface area (Å²) in [6.45, 7) is 6.69. The molecule has 0 spiro atoms. The number of aliphatic imine (C=N–C) groups is 1. The fraction of sp³-hybridized carbons (Fsp3) is 0.231. The molecular weight excluding hydrogens is 738 g/mol. The predicted octanol–water partition coefficient (Wildman–Crippen LogP) is 8.88. The summed E-state index contributed by atoms with van der Waals surface area (Å²) in [4.78, 5) is 9.79. The molecule has 2 aliphatic heterocycles. The van der Waals surface area contributed by atoms with Gasteiger partial charge >= 0.3 is 21.1 Å². The molecule has 0 amide bonds. The maximum absolute atomic E-state index is 6.72. The Bertz CT molecular complexity index is 2170. The van der Waals surface area contributed by atoms with Crippen LogP contribution in [0.3, 0.4) is 0 Å². The van der Waals surface area contributed by atoms with Crippen LogP contribution >= 0.6 is 0 Å². The Kier molecular flexibility index (Phi) is 6.55. The molecule has 6 heteroatoms. The van der Waals surface area contributed by atoms with Crippen molar-refractivity contribution < 1.29 is 30.5 Å². The van der Waals surface area contributed by atoms with E-state index in [1.54, 1.807) is 0 Å². The molecule has 4 heterocycles. The van der Waals surface area contributed by atoms with Crippen LogP contribution in [-0.4, -0.2) is 27.6 Å². The molecule has 2 atom stereocenters. The number of para-hydroxylation sites is 1. The first-order valence-corrected chi connectivity index (χ1v) is 15.5. The fourth-order valence-corrected chi connectivity index (χ4v) is 7.41. The predicted molar refractivity (Wildman–Crippen MR) is 174 cm³/mol. The molecule has 224 valence electrons. The topological polar surface area (TPSA) is 48.6 Å². The summed E-state index contributed by atoms with van der Waals surface area (Å²) in [5, 5.41) is 2.34. The van der Waals surface area contributed by atoms with Crippen LogP contribution in [0.15, 0.2) is 90.1 Å². The van der Waals surface area contributed by atoms with Gasteiger partial charge in [-0.2, -0.15) is 6.07 Å². The largest absolute Gasteiger partial charge is 2.00 e. The maximum Gasteiger partial charge on any atom is 2.00 e. The summed E-state index contributed by atoms with van der Waals surface area (Å²) in [5.74, 6) is 1.95. The van der Waals surface area contributed by atoms with Crippen LogP contribution in [-0.2, 0) is 31.2 Å². The molecule has 45 heavy (non-hydrogen) atoms. The van der Waals surface area contributed by atoms with E-state index in [-0.39, 0.29) is 38.6 Å². The number of pyridine rings is 1. The van der Waals surface area contributed by atoms with Crippen LogP contribution in [0.4, 0.5) is 0 Å². The fourth-order valence-electron chi connectivity index (χ4n) is 7.41.